The number of nitrogens with zero attached hydrogens (tertiary/aromatic N) is 1. The molecule has 1 aromatic carbocycles. The number of anilines is 1. The molecule has 1 aromatic heterocycles. The highest BCUT2D eigenvalue weighted by molar-refractivity contribution is 6.39. The Morgan fingerprint density at radius 2 is 2.04 bits per heavy atom. The number of carbonyl (C=O) groups excluding carboxylic acids is 2. The monoisotopic (exact) mass is 331 g/mol. The van der Waals surface area contributed by atoms with Crippen molar-refractivity contribution >= 4 is 23.2 Å². The van der Waals surface area contributed by atoms with Gasteiger partial charge in [-0.05, 0) is 31.5 Å². The first-order chi connectivity index (χ1) is 11.4. The van der Waals surface area contributed by atoms with Crippen molar-refractivity contribution in [1.82, 2.24) is 5.32 Å². The molecule has 8 nitrogen and oxygen atoms in total. The number of benzene rings is 1. The van der Waals surface area contributed by atoms with Gasteiger partial charge in [0, 0.05) is 24.6 Å². The first-order valence-electron chi connectivity index (χ1n) is 7.26. The van der Waals surface area contributed by atoms with Crippen LogP contribution in [0.5, 0.6) is 0 Å². The Kier molecular flexibility index (Phi) is 5.31. The molecule has 0 aliphatic rings. The average Bonchev–Trinajstić information content (AvgIpc) is 3.01. The molecule has 1 heterocycles. The Morgan fingerprint density at radius 3 is 2.67 bits per heavy atom. The van der Waals surface area contributed by atoms with E-state index >= 15 is 0 Å². The highest BCUT2D eigenvalue weighted by atomic mass is 16.6. The lowest BCUT2D eigenvalue weighted by molar-refractivity contribution is -0.384. The van der Waals surface area contributed by atoms with Gasteiger partial charge in [0.2, 0.25) is 0 Å². The third-order valence-electron chi connectivity index (χ3n) is 3.35. The van der Waals surface area contributed by atoms with Crippen molar-refractivity contribution in [2.45, 2.75) is 26.3 Å². The van der Waals surface area contributed by atoms with Crippen LogP contribution in [0.4, 0.5) is 11.4 Å². The molecular weight excluding hydrogens is 314 g/mol. The van der Waals surface area contributed by atoms with Crippen molar-refractivity contribution in [1.29, 1.82) is 0 Å². The Balaban J connectivity index is 1.97. The quantitative estimate of drug-likeness (QED) is 0.495. The van der Waals surface area contributed by atoms with Gasteiger partial charge in [0.1, 0.15) is 5.76 Å². The summed E-state index contributed by atoms with van der Waals surface area (Å²) in [6.45, 7) is 3.42. The lowest BCUT2D eigenvalue weighted by Crippen LogP contribution is -2.41. The molecule has 2 N–H and O–H groups in total. The second-order valence-electron chi connectivity index (χ2n) is 5.37. The maximum absolute atomic E-state index is 12.0. The molecule has 2 amide bonds. The molecule has 24 heavy (non-hydrogen) atoms. The van der Waals surface area contributed by atoms with E-state index in [1.54, 1.807) is 26.0 Å². The van der Waals surface area contributed by atoms with Crippen LogP contribution < -0.4 is 10.6 Å². The number of hydrogen-bond donors (Lipinski definition) is 2. The molecule has 2 rings (SSSR count). The summed E-state index contributed by atoms with van der Waals surface area (Å²) >= 11 is 0. The van der Waals surface area contributed by atoms with Gasteiger partial charge in [-0.2, -0.15) is 0 Å². The summed E-state index contributed by atoms with van der Waals surface area (Å²) in [6.07, 6.45) is 1.98. The molecule has 1 unspecified atom stereocenters. The molecule has 0 fully saturated rings. The number of nitro groups is 1. The molecule has 2 aromatic rings. The zero-order valence-corrected chi connectivity index (χ0v) is 13.2. The van der Waals surface area contributed by atoms with Gasteiger partial charge >= 0.3 is 11.8 Å². The van der Waals surface area contributed by atoms with E-state index in [1.807, 2.05) is 0 Å². The molecule has 0 radical (unpaired) electrons. The third kappa shape index (κ3) is 4.42. The van der Waals surface area contributed by atoms with Crippen molar-refractivity contribution < 1.29 is 18.9 Å². The molecular formula is C16H17N3O5. The summed E-state index contributed by atoms with van der Waals surface area (Å²) in [6, 6.07) is 7.26. The first-order valence-corrected chi connectivity index (χ1v) is 7.26. The highest BCUT2D eigenvalue weighted by Crippen LogP contribution is 2.21. The lowest BCUT2D eigenvalue weighted by Gasteiger charge is -2.13. The molecule has 0 bridgehead atoms. The fraction of sp³-hybridized carbons (Fsp3) is 0.250. The van der Waals surface area contributed by atoms with Gasteiger partial charge in [-0.3, -0.25) is 19.7 Å². The van der Waals surface area contributed by atoms with Crippen LogP contribution in [-0.2, 0) is 16.0 Å². The highest BCUT2D eigenvalue weighted by Gasteiger charge is 2.19. The number of nitrogens with one attached hydrogen (secondary N) is 2. The summed E-state index contributed by atoms with van der Waals surface area (Å²) in [5, 5.41) is 15.7. The van der Waals surface area contributed by atoms with E-state index < -0.39 is 16.7 Å². The number of carbonyl (C=O) groups is 2. The van der Waals surface area contributed by atoms with Crippen molar-refractivity contribution in [3.63, 3.8) is 0 Å². The molecule has 1 atom stereocenters. The number of non-ortho nitro benzene ring substituents is 1. The van der Waals surface area contributed by atoms with Crippen molar-refractivity contribution in [3.05, 3.63) is 58.0 Å². The summed E-state index contributed by atoms with van der Waals surface area (Å²) in [5.74, 6) is -1.01. The van der Waals surface area contributed by atoms with Gasteiger partial charge in [0.05, 0.1) is 16.9 Å². The number of nitro benzene ring substituents is 1. The van der Waals surface area contributed by atoms with E-state index in [0.29, 0.717) is 17.7 Å². The molecule has 0 aliphatic carbocycles. The molecule has 126 valence electrons. The van der Waals surface area contributed by atoms with Crippen LogP contribution in [0.2, 0.25) is 0 Å². The summed E-state index contributed by atoms with van der Waals surface area (Å²) in [4.78, 5) is 34.1. The van der Waals surface area contributed by atoms with Crippen LogP contribution in [0.15, 0.2) is 41.0 Å². The number of amides is 2. The van der Waals surface area contributed by atoms with Gasteiger partial charge in [-0.15, -0.1) is 0 Å². The average molecular weight is 331 g/mol. The minimum absolute atomic E-state index is 0.164. The van der Waals surface area contributed by atoms with E-state index in [0.717, 1.165) is 0 Å². The van der Waals surface area contributed by atoms with Crippen LogP contribution in [-0.4, -0.2) is 22.8 Å². The standard InChI is InChI=1S/C16H17N3O5/c1-10-5-6-12(19(22)23)9-14(10)18-16(21)15(20)17-11(2)8-13-4-3-7-24-13/h3-7,9,11H,8H2,1-2H3,(H,17,20)(H,18,21). The van der Waals surface area contributed by atoms with E-state index in [2.05, 4.69) is 10.6 Å². The van der Waals surface area contributed by atoms with Gasteiger partial charge < -0.3 is 15.1 Å². The van der Waals surface area contributed by atoms with Crippen molar-refractivity contribution in [2.75, 3.05) is 5.32 Å². The fourth-order valence-corrected chi connectivity index (χ4v) is 2.11. The summed E-state index contributed by atoms with van der Waals surface area (Å²) in [7, 11) is 0. The van der Waals surface area contributed by atoms with E-state index in [-0.39, 0.29) is 17.4 Å². The van der Waals surface area contributed by atoms with Gasteiger partial charge in [-0.1, -0.05) is 6.07 Å². The summed E-state index contributed by atoms with van der Waals surface area (Å²) < 4.78 is 5.18. The second-order valence-corrected chi connectivity index (χ2v) is 5.37. The predicted octanol–water partition coefficient (Wildman–Crippen LogP) is 2.18. The SMILES string of the molecule is Cc1ccc([N+](=O)[O-])cc1NC(=O)C(=O)NC(C)Cc1ccco1. The smallest absolute Gasteiger partial charge is 0.313 e. The maximum atomic E-state index is 12.0. The van der Waals surface area contributed by atoms with Gasteiger partial charge in [0.25, 0.3) is 5.69 Å². The normalized spacial score (nSPS) is 11.6. The zero-order valence-electron chi connectivity index (χ0n) is 13.2. The number of rotatable bonds is 5. The predicted molar refractivity (Wildman–Crippen MR) is 86.5 cm³/mol. The van der Waals surface area contributed by atoms with Crippen molar-refractivity contribution in [3.8, 4) is 0 Å². The van der Waals surface area contributed by atoms with Gasteiger partial charge in [0.15, 0.2) is 0 Å². The second kappa shape index (κ2) is 7.40. The van der Waals surface area contributed by atoms with Crippen LogP contribution in [0, 0.1) is 17.0 Å². The summed E-state index contributed by atoms with van der Waals surface area (Å²) in [5.41, 5.74) is 0.677. The molecule has 0 aliphatic heterocycles. The molecule has 0 saturated carbocycles. The zero-order chi connectivity index (χ0) is 17.7. The lowest BCUT2D eigenvalue weighted by atomic mass is 10.1. The Hall–Kier alpha value is -3.16. The molecule has 0 spiro atoms. The largest absolute Gasteiger partial charge is 0.469 e. The number of hydrogen-bond acceptors (Lipinski definition) is 5. The van der Waals surface area contributed by atoms with E-state index in [1.165, 1.54) is 24.5 Å². The fourth-order valence-electron chi connectivity index (χ4n) is 2.11. The number of furan rings is 1. The maximum Gasteiger partial charge on any atom is 0.313 e. The van der Waals surface area contributed by atoms with Crippen LogP contribution >= 0.6 is 0 Å². The third-order valence-corrected chi connectivity index (χ3v) is 3.35. The first kappa shape index (κ1) is 17.2. The Bertz CT molecular complexity index is 755. The minimum Gasteiger partial charge on any atom is -0.469 e. The van der Waals surface area contributed by atoms with Crippen molar-refractivity contribution in [2.24, 2.45) is 0 Å². The van der Waals surface area contributed by atoms with Crippen LogP contribution in [0.3, 0.4) is 0 Å². The molecule has 8 heteroatoms. The van der Waals surface area contributed by atoms with Crippen LogP contribution in [0.25, 0.3) is 0 Å². The van der Waals surface area contributed by atoms with Gasteiger partial charge in [-0.25, -0.2) is 0 Å². The Labute approximate surface area is 138 Å². The topological polar surface area (TPSA) is 114 Å². The minimum atomic E-state index is -0.884. The Morgan fingerprint density at radius 1 is 1.29 bits per heavy atom. The van der Waals surface area contributed by atoms with Crippen LogP contribution in [0.1, 0.15) is 18.2 Å². The van der Waals surface area contributed by atoms with E-state index in [9.17, 15) is 19.7 Å². The molecule has 0 saturated heterocycles. The van der Waals surface area contributed by atoms with E-state index in [4.69, 9.17) is 4.42 Å². The number of aryl methyl sites for hydroxylation is 1.